The van der Waals surface area contributed by atoms with E-state index in [0.717, 1.165) is 15.9 Å². The van der Waals surface area contributed by atoms with Gasteiger partial charge < -0.3 is 14.7 Å². The molecule has 1 aliphatic rings. The average Bonchev–Trinajstić information content (AvgIpc) is 3.35. The van der Waals surface area contributed by atoms with E-state index in [1.165, 1.54) is 53.9 Å². The van der Waals surface area contributed by atoms with E-state index in [9.17, 15) is 22.9 Å². The predicted octanol–water partition coefficient (Wildman–Crippen LogP) is 2.61. The van der Waals surface area contributed by atoms with Crippen molar-refractivity contribution in [1.82, 2.24) is 15.7 Å². The number of hydrogen-bond donors (Lipinski definition) is 3. The number of rotatable bonds is 7. The van der Waals surface area contributed by atoms with Crippen molar-refractivity contribution in [2.45, 2.75) is 18.7 Å². The summed E-state index contributed by atoms with van der Waals surface area (Å²) in [6.07, 6.45) is 0. The van der Waals surface area contributed by atoms with E-state index in [-0.39, 0.29) is 22.0 Å². The van der Waals surface area contributed by atoms with E-state index in [1.807, 2.05) is 13.8 Å². The number of nitrogens with zero attached hydrogens (tertiary/aromatic N) is 4. The Labute approximate surface area is 198 Å². The Balaban J connectivity index is 1.75. The van der Waals surface area contributed by atoms with Crippen LogP contribution in [0, 0.1) is 13.8 Å². The highest BCUT2D eigenvalue weighted by molar-refractivity contribution is 7.85. The zero-order chi connectivity index (χ0) is 24.6. The van der Waals surface area contributed by atoms with E-state index >= 15 is 0 Å². The molecule has 0 unspecified atom stereocenters. The van der Waals surface area contributed by atoms with Crippen LogP contribution in [0.15, 0.2) is 52.5 Å². The van der Waals surface area contributed by atoms with E-state index < -0.39 is 16.1 Å². The predicted molar refractivity (Wildman–Crippen MR) is 122 cm³/mol. The summed E-state index contributed by atoms with van der Waals surface area (Å²) in [6.45, 7) is 3.73. The average molecular weight is 506 g/mol. The lowest BCUT2D eigenvalue weighted by Crippen LogP contribution is -2.46. The van der Waals surface area contributed by atoms with Crippen LogP contribution in [-0.4, -0.2) is 47.3 Å². The molecule has 0 spiro atoms. The highest BCUT2D eigenvalue weighted by Crippen LogP contribution is 2.30. The summed E-state index contributed by atoms with van der Waals surface area (Å²) < 4.78 is 37.4. The summed E-state index contributed by atoms with van der Waals surface area (Å²) >= 11 is 1.30. The van der Waals surface area contributed by atoms with Crippen LogP contribution >= 0.6 is 11.3 Å². The number of carboxylic acid groups (broad SMARTS) is 1. The lowest BCUT2D eigenvalue weighted by Gasteiger charge is -2.25. The summed E-state index contributed by atoms with van der Waals surface area (Å²) in [7, 11) is -3.03. The number of para-hydroxylation sites is 1. The largest absolute Gasteiger partial charge is 0.495 e. The number of benzene rings is 2. The van der Waals surface area contributed by atoms with Gasteiger partial charge in [0.15, 0.2) is 5.84 Å². The van der Waals surface area contributed by atoms with Crippen molar-refractivity contribution in [3.63, 3.8) is 0 Å². The lowest BCUT2D eigenvalue weighted by atomic mass is 10.1. The fourth-order valence-corrected chi connectivity index (χ4v) is 4.28. The van der Waals surface area contributed by atoms with Gasteiger partial charge in [-0.3, -0.25) is 9.98 Å². The van der Waals surface area contributed by atoms with Gasteiger partial charge in [0.25, 0.3) is 10.1 Å². The molecule has 14 heteroatoms. The van der Waals surface area contributed by atoms with Gasteiger partial charge in [-0.1, -0.05) is 22.5 Å². The minimum atomic E-state index is -4.38. The molecule has 0 radical (unpaired) electrons. The molecule has 0 saturated heterocycles. The first kappa shape index (κ1) is 23.3. The van der Waals surface area contributed by atoms with Gasteiger partial charge in [-0.05, 0) is 50.2 Å². The van der Waals surface area contributed by atoms with Crippen molar-refractivity contribution in [1.29, 1.82) is 0 Å². The molecule has 1 aliphatic heterocycles. The molecule has 1 aromatic heterocycles. The molecular weight excluding hydrogens is 486 g/mol. The number of hydrazone groups is 1. The summed E-state index contributed by atoms with van der Waals surface area (Å²) in [5.74, 6) is -0.883. The minimum absolute atomic E-state index is 0.0564. The Kier molecular flexibility index (Phi) is 6.03. The molecule has 0 saturated carbocycles. The summed E-state index contributed by atoms with van der Waals surface area (Å²) in [4.78, 5) is 22.5. The Morgan fingerprint density at radius 2 is 1.85 bits per heavy atom. The topological polar surface area (TPSA) is 154 Å². The number of hydrogen-bond acceptors (Lipinski definition) is 11. The fraction of sp³-hybridized carbons (Fsp3) is 0.150. The van der Waals surface area contributed by atoms with Crippen molar-refractivity contribution < 1.29 is 32.4 Å². The molecule has 3 aromatic rings. The fourth-order valence-electron chi connectivity index (χ4n) is 3.06. The first-order chi connectivity index (χ1) is 16.1. The molecule has 0 aliphatic carbocycles. The van der Waals surface area contributed by atoms with E-state index in [0.29, 0.717) is 16.4 Å². The number of methoxy groups -OCH3 is 1. The number of aryl methyl sites for hydroxylation is 2. The van der Waals surface area contributed by atoms with Crippen LogP contribution in [0.1, 0.15) is 26.5 Å². The second kappa shape index (κ2) is 8.81. The van der Waals surface area contributed by atoms with Gasteiger partial charge >= 0.3 is 11.2 Å². The number of carbonyl (C=O) groups is 1. The van der Waals surface area contributed by atoms with Crippen LogP contribution in [0.5, 0.6) is 10.9 Å². The van der Waals surface area contributed by atoms with Crippen LogP contribution in [0.2, 0.25) is 0 Å². The smallest absolute Gasteiger partial charge is 0.339 e. The molecule has 2 heterocycles. The number of ether oxygens (including phenoxy) is 1. The standard InChI is InChI=1S/C20H19N5O7S2/c1-11-12(2)33-20(21-11)32-25-23-18(15-5-4-6-16(19(26)27)17(15)31-3)22-24(25)13-7-9-14(10-8-13)34(28,29)30/h4-10H,1-3H3,(H,22,23)(H,26,27)(H,28,29,30). The normalized spacial score (nSPS) is 13.5. The first-order valence-corrected chi connectivity index (χ1v) is 11.9. The highest BCUT2D eigenvalue weighted by atomic mass is 32.2. The van der Waals surface area contributed by atoms with Gasteiger partial charge in [-0.15, -0.1) is 5.12 Å². The zero-order valence-electron chi connectivity index (χ0n) is 18.1. The van der Waals surface area contributed by atoms with E-state index in [4.69, 9.17) is 9.57 Å². The third-order valence-electron chi connectivity index (χ3n) is 4.82. The number of nitrogens with one attached hydrogen (secondary N) is 1. The van der Waals surface area contributed by atoms with Gasteiger partial charge in [0.05, 0.1) is 29.0 Å². The van der Waals surface area contributed by atoms with Crippen molar-refractivity contribution in [2.75, 3.05) is 12.2 Å². The van der Waals surface area contributed by atoms with Crippen molar-refractivity contribution >= 4 is 38.9 Å². The number of carboxylic acids is 1. The van der Waals surface area contributed by atoms with Gasteiger partial charge in [0.2, 0.25) is 0 Å². The lowest BCUT2D eigenvalue weighted by molar-refractivity contribution is -0.0643. The van der Waals surface area contributed by atoms with Crippen LogP contribution in [0.3, 0.4) is 0 Å². The monoisotopic (exact) mass is 505 g/mol. The van der Waals surface area contributed by atoms with E-state index in [1.54, 1.807) is 12.1 Å². The Morgan fingerprint density at radius 3 is 2.41 bits per heavy atom. The maximum Gasteiger partial charge on any atom is 0.339 e. The Hall–Kier alpha value is -3.88. The quantitative estimate of drug-likeness (QED) is 0.406. The summed E-state index contributed by atoms with van der Waals surface area (Å²) in [5, 5.41) is 16.6. The van der Waals surface area contributed by atoms with Crippen LogP contribution in [-0.2, 0) is 10.1 Å². The second-order valence-corrected chi connectivity index (χ2v) is 9.59. The van der Waals surface area contributed by atoms with Gasteiger partial charge in [-0.25, -0.2) is 9.78 Å². The van der Waals surface area contributed by atoms with Crippen LogP contribution < -0.4 is 20.1 Å². The maximum absolute atomic E-state index is 11.6. The minimum Gasteiger partial charge on any atom is -0.495 e. The molecule has 12 nitrogen and oxygen atoms in total. The van der Waals surface area contributed by atoms with Gasteiger partial charge in [0, 0.05) is 10.2 Å². The molecule has 0 fully saturated rings. The summed E-state index contributed by atoms with van der Waals surface area (Å²) in [5.41, 5.74) is 4.46. The molecule has 0 atom stereocenters. The van der Waals surface area contributed by atoms with Crippen molar-refractivity contribution in [2.24, 2.45) is 5.10 Å². The van der Waals surface area contributed by atoms with Crippen molar-refractivity contribution in [3.05, 3.63) is 64.2 Å². The number of thiazole rings is 1. The highest BCUT2D eigenvalue weighted by Gasteiger charge is 2.31. The molecular formula is C20H19N5O7S2. The third kappa shape index (κ3) is 4.46. The van der Waals surface area contributed by atoms with Crippen molar-refractivity contribution in [3.8, 4) is 10.9 Å². The molecule has 0 bridgehead atoms. The Morgan fingerprint density at radius 1 is 1.15 bits per heavy atom. The van der Waals surface area contributed by atoms with Gasteiger partial charge in [0.1, 0.15) is 11.3 Å². The van der Waals surface area contributed by atoms with Crippen LogP contribution in [0.4, 0.5) is 5.69 Å². The Bertz CT molecular complexity index is 1370. The third-order valence-corrected chi connectivity index (χ3v) is 6.63. The second-order valence-electron chi connectivity index (χ2n) is 7.00. The van der Waals surface area contributed by atoms with E-state index in [2.05, 4.69) is 15.5 Å². The molecule has 178 valence electrons. The number of aromatic nitrogens is 1. The number of aromatic carboxylic acids is 1. The molecule has 4 rings (SSSR count). The maximum atomic E-state index is 11.6. The SMILES string of the molecule is COc1c(C(=O)O)cccc1C1=NN(Oc2nc(C)c(C)s2)N(c2ccc(S(=O)(=O)O)cc2)N1. The van der Waals surface area contributed by atoms with Gasteiger partial charge in [-0.2, -0.15) is 8.42 Å². The number of anilines is 1. The molecule has 34 heavy (non-hydrogen) atoms. The number of hydrazine groups is 2. The number of amidine groups is 1. The summed E-state index contributed by atoms with van der Waals surface area (Å²) in [6, 6.07) is 9.85. The zero-order valence-corrected chi connectivity index (χ0v) is 19.7. The molecule has 2 aromatic carbocycles. The molecule has 0 amide bonds. The first-order valence-electron chi connectivity index (χ1n) is 9.64. The van der Waals surface area contributed by atoms with Crippen LogP contribution in [0.25, 0.3) is 0 Å². The molecule has 3 N–H and O–H groups in total.